The van der Waals surface area contributed by atoms with Crippen LogP contribution in [0.4, 0.5) is 5.82 Å². The van der Waals surface area contributed by atoms with Gasteiger partial charge in [0.2, 0.25) is 0 Å². The molecule has 4 heteroatoms. The molecule has 96 valence electrons. The Balaban J connectivity index is 1.80. The fraction of sp³-hybridized carbons (Fsp3) is 0.643. The number of pyridine rings is 1. The van der Waals surface area contributed by atoms with E-state index in [1.165, 1.54) is 31.5 Å². The summed E-state index contributed by atoms with van der Waals surface area (Å²) in [4.78, 5) is 6.94. The third kappa shape index (κ3) is 1.08. The molecule has 0 unspecified atom stereocenters. The Bertz CT molecular complexity index is 532. The smallest absolute Gasteiger partial charge is 0.130 e. The van der Waals surface area contributed by atoms with Gasteiger partial charge in [0.15, 0.2) is 0 Å². The summed E-state index contributed by atoms with van der Waals surface area (Å²) in [5.74, 6) is 1.81. The number of anilines is 1. The molecule has 0 radical (unpaired) electrons. The largest absolute Gasteiger partial charge is 0.363 e. The number of nitrogens with zero attached hydrogens (tertiary/aromatic N) is 2. The van der Waals surface area contributed by atoms with Crippen LogP contribution in [0.2, 0.25) is 5.02 Å². The number of fused-ring (bicyclic) bond motifs is 2. The Kier molecular flexibility index (Phi) is 1.97. The molecule has 1 saturated carbocycles. The quantitative estimate of drug-likeness (QED) is 0.780. The van der Waals surface area contributed by atoms with Crippen LogP contribution in [-0.2, 0) is 5.41 Å². The Hall–Kier alpha value is -0.800. The maximum absolute atomic E-state index is 6.12. The molecule has 3 nitrogen and oxygen atoms in total. The molecule has 0 bridgehead atoms. The van der Waals surface area contributed by atoms with Gasteiger partial charge in [-0.25, -0.2) is 4.98 Å². The fourth-order valence-electron chi connectivity index (χ4n) is 4.53. The minimum absolute atomic E-state index is 0.228. The zero-order chi connectivity index (χ0) is 12.5. The molecule has 0 aromatic carbocycles. The molecule has 4 rings (SSSR count). The normalized spacial score (nSPS) is 41.4. The maximum Gasteiger partial charge on any atom is 0.130 e. The standard InChI is InChI=1S/C14H18ClN3/c1-13-6-9-8-18(2)4-3-14(9,13)17-12-11(13)5-10(15)7-16-12/h5,7,9H,3-4,6,8H2,1-2H3,(H,16,17)/t9-,13-,14-/m1/s1. The van der Waals surface area contributed by atoms with Crippen molar-refractivity contribution in [3.63, 3.8) is 0 Å². The number of likely N-dealkylation sites (tertiary alicyclic amines) is 1. The summed E-state index contributed by atoms with van der Waals surface area (Å²) in [7, 11) is 2.22. The Morgan fingerprint density at radius 2 is 2.39 bits per heavy atom. The summed E-state index contributed by atoms with van der Waals surface area (Å²) >= 11 is 6.12. The van der Waals surface area contributed by atoms with Crippen molar-refractivity contribution >= 4 is 17.4 Å². The number of halogens is 1. The van der Waals surface area contributed by atoms with Gasteiger partial charge in [0.05, 0.1) is 10.6 Å². The molecule has 1 aromatic heterocycles. The van der Waals surface area contributed by atoms with E-state index in [9.17, 15) is 0 Å². The molecule has 3 aliphatic rings. The summed E-state index contributed by atoms with van der Waals surface area (Å²) in [5, 5.41) is 4.50. The van der Waals surface area contributed by atoms with E-state index in [-0.39, 0.29) is 11.0 Å². The molecule has 18 heavy (non-hydrogen) atoms. The molecular weight excluding hydrogens is 246 g/mol. The van der Waals surface area contributed by atoms with Gasteiger partial charge in [0.25, 0.3) is 0 Å². The summed E-state index contributed by atoms with van der Waals surface area (Å²) in [6, 6.07) is 2.11. The molecule has 3 atom stereocenters. The number of piperidine rings is 1. The predicted molar refractivity (Wildman–Crippen MR) is 73.2 cm³/mol. The van der Waals surface area contributed by atoms with E-state index >= 15 is 0 Å². The molecule has 0 amide bonds. The summed E-state index contributed by atoms with van der Waals surface area (Å²) < 4.78 is 0. The van der Waals surface area contributed by atoms with Gasteiger partial charge < -0.3 is 10.2 Å². The number of hydrogen-bond acceptors (Lipinski definition) is 3. The van der Waals surface area contributed by atoms with Crippen LogP contribution in [0.15, 0.2) is 12.3 Å². The molecule has 1 N–H and O–H groups in total. The number of aromatic nitrogens is 1. The monoisotopic (exact) mass is 263 g/mol. The lowest BCUT2D eigenvalue weighted by Gasteiger charge is -2.63. The predicted octanol–water partition coefficient (Wildman–Crippen LogP) is 2.51. The Labute approximate surface area is 113 Å². The highest BCUT2D eigenvalue weighted by Crippen LogP contribution is 2.65. The van der Waals surface area contributed by atoms with Crippen molar-refractivity contribution in [2.24, 2.45) is 5.92 Å². The van der Waals surface area contributed by atoms with E-state index in [0.717, 1.165) is 16.8 Å². The Morgan fingerprint density at radius 1 is 1.56 bits per heavy atom. The summed E-state index contributed by atoms with van der Waals surface area (Å²) in [6.07, 6.45) is 4.21. The SMILES string of the molecule is CN1CC[C@]23Nc4ncc(Cl)cc4[C@@]2(C)C[C@@H]3C1. The van der Waals surface area contributed by atoms with Crippen LogP contribution in [0.5, 0.6) is 0 Å². The van der Waals surface area contributed by atoms with Crippen LogP contribution in [-0.4, -0.2) is 35.6 Å². The minimum atomic E-state index is 0.228. The van der Waals surface area contributed by atoms with E-state index in [1.807, 2.05) is 0 Å². The van der Waals surface area contributed by atoms with Crippen LogP contribution in [0.3, 0.4) is 0 Å². The van der Waals surface area contributed by atoms with Gasteiger partial charge in [0, 0.05) is 30.3 Å². The van der Waals surface area contributed by atoms with Crippen molar-refractivity contribution in [3.05, 3.63) is 22.8 Å². The zero-order valence-electron chi connectivity index (χ0n) is 10.8. The van der Waals surface area contributed by atoms with E-state index < -0.39 is 0 Å². The molecule has 2 fully saturated rings. The molecule has 1 spiro atoms. The highest BCUT2D eigenvalue weighted by molar-refractivity contribution is 6.30. The summed E-state index contributed by atoms with van der Waals surface area (Å²) in [5.41, 5.74) is 1.79. The first-order valence-corrected chi connectivity index (χ1v) is 7.06. The van der Waals surface area contributed by atoms with E-state index in [4.69, 9.17) is 11.6 Å². The van der Waals surface area contributed by atoms with Crippen LogP contribution >= 0.6 is 11.6 Å². The van der Waals surface area contributed by atoms with Crippen molar-refractivity contribution in [2.45, 2.75) is 30.7 Å². The van der Waals surface area contributed by atoms with Crippen molar-refractivity contribution in [3.8, 4) is 0 Å². The van der Waals surface area contributed by atoms with Gasteiger partial charge in [-0.15, -0.1) is 0 Å². The van der Waals surface area contributed by atoms with E-state index in [1.54, 1.807) is 6.20 Å². The highest BCUT2D eigenvalue weighted by Gasteiger charge is 2.68. The summed E-state index contributed by atoms with van der Waals surface area (Å²) in [6.45, 7) is 4.75. The van der Waals surface area contributed by atoms with E-state index in [0.29, 0.717) is 0 Å². The second-order valence-corrected chi connectivity index (χ2v) is 6.83. The second kappa shape index (κ2) is 3.20. The molecule has 1 aromatic rings. The van der Waals surface area contributed by atoms with E-state index in [2.05, 4.69) is 35.2 Å². The molecular formula is C14H18ClN3. The van der Waals surface area contributed by atoms with Crippen molar-refractivity contribution in [1.29, 1.82) is 0 Å². The van der Waals surface area contributed by atoms with Gasteiger partial charge in [-0.05, 0) is 31.9 Å². The van der Waals surface area contributed by atoms with Gasteiger partial charge in [-0.3, -0.25) is 0 Å². The topological polar surface area (TPSA) is 28.2 Å². The third-order valence-electron chi connectivity index (χ3n) is 5.55. The van der Waals surface area contributed by atoms with Gasteiger partial charge in [-0.1, -0.05) is 18.5 Å². The van der Waals surface area contributed by atoms with Crippen LogP contribution in [0.1, 0.15) is 25.3 Å². The molecule has 3 heterocycles. The van der Waals surface area contributed by atoms with Crippen LogP contribution < -0.4 is 5.32 Å². The van der Waals surface area contributed by atoms with Crippen molar-refractivity contribution in [2.75, 3.05) is 25.5 Å². The fourth-order valence-corrected chi connectivity index (χ4v) is 4.69. The lowest BCUT2D eigenvalue weighted by Crippen LogP contribution is -2.71. The first-order chi connectivity index (χ1) is 8.55. The lowest BCUT2D eigenvalue weighted by molar-refractivity contribution is -0.0261. The highest BCUT2D eigenvalue weighted by atomic mass is 35.5. The van der Waals surface area contributed by atoms with Gasteiger partial charge in [-0.2, -0.15) is 0 Å². The maximum atomic E-state index is 6.12. The number of rotatable bonds is 0. The minimum Gasteiger partial charge on any atom is -0.363 e. The van der Waals surface area contributed by atoms with Crippen LogP contribution in [0.25, 0.3) is 0 Å². The van der Waals surface area contributed by atoms with Gasteiger partial charge >= 0.3 is 0 Å². The first-order valence-electron chi connectivity index (χ1n) is 6.68. The third-order valence-corrected chi connectivity index (χ3v) is 5.75. The lowest BCUT2D eigenvalue weighted by atomic mass is 9.46. The average molecular weight is 264 g/mol. The molecule has 2 aliphatic heterocycles. The second-order valence-electron chi connectivity index (χ2n) is 6.39. The molecule has 1 aliphatic carbocycles. The van der Waals surface area contributed by atoms with Gasteiger partial charge in [0.1, 0.15) is 5.82 Å². The Morgan fingerprint density at radius 3 is 3.17 bits per heavy atom. The zero-order valence-corrected chi connectivity index (χ0v) is 11.6. The number of hydrogen-bond donors (Lipinski definition) is 1. The van der Waals surface area contributed by atoms with Crippen molar-refractivity contribution in [1.82, 2.24) is 9.88 Å². The van der Waals surface area contributed by atoms with Crippen LogP contribution in [0, 0.1) is 5.92 Å². The molecule has 1 saturated heterocycles. The van der Waals surface area contributed by atoms with Crippen molar-refractivity contribution < 1.29 is 0 Å². The number of nitrogens with one attached hydrogen (secondary N) is 1. The average Bonchev–Trinajstić information content (AvgIpc) is 2.49. The first kappa shape index (κ1) is 11.1.